The lowest BCUT2D eigenvalue weighted by Crippen LogP contribution is -2.22. The van der Waals surface area contributed by atoms with Crippen LogP contribution in [0, 0.1) is 2.88 Å². The summed E-state index contributed by atoms with van der Waals surface area (Å²) in [5.41, 5.74) is 1.55. The summed E-state index contributed by atoms with van der Waals surface area (Å²) in [6.45, 7) is 0.405. The van der Waals surface area contributed by atoms with Crippen molar-refractivity contribution in [1.29, 1.82) is 0 Å². The molecule has 0 atom stereocenters. The normalized spacial score (nSPS) is 10.1. The molecule has 0 radical (unpaired) electrons. The second-order valence-electron chi connectivity index (χ2n) is 3.49. The Bertz CT molecular complexity index is 557. The number of hydrogen-bond acceptors (Lipinski definition) is 4. The number of nitrogens with zero attached hydrogens (tertiary/aromatic N) is 1. The molecule has 6 heteroatoms. The standard InChI is InChI=1S/C12H11IN2O2S/c1-17-12-8(3-2-4-14-12)6-15-11(16)9-5-10(13)18-7-9/h2-5,7H,6H2,1H3,(H,15,16). The number of ether oxygens (including phenoxy) is 1. The van der Waals surface area contributed by atoms with Gasteiger partial charge in [0.2, 0.25) is 5.88 Å². The number of rotatable bonds is 4. The van der Waals surface area contributed by atoms with Crippen LogP contribution in [0.3, 0.4) is 0 Å². The summed E-state index contributed by atoms with van der Waals surface area (Å²) in [6, 6.07) is 5.56. The quantitative estimate of drug-likeness (QED) is 0.838. The predicted molar refractivity (Wildman–Crippen MR) is 79.0 cm³/mol. The van der Waals surface area contributed by atoms with Gasteiger partial charge in [-0.1, -0.05) is 6.07 Å². The number of hydrogen-bond donors (Lipinski definition) is 1. The summed E-state index contributed by atoms with van der Waals surface area (Å²) in [6.07, 6.45) is 1.66. The van der Waals surface area contributed by atoms with Gasteiger partial charge in [0.15, 0.2) is 0 Å². The highest BCUT2D eigenvalue weighted by atomic mass is 127. The van der Waals surface area contributed by atoms with E-state index in [2.05, 4.69) is 32.9 Å². The number of methoxy groups -OCH3 is 1. The predicted octanol–water partition coefficient (Wildman–Crippen LogP) is 2.69. The number of nitrogens with one attached hydrogen (secondary N) is 1. The highest BCUT2D eigenvalue weighted by molar-refractivity contribution is 14.1. The lowest BCUT2D eigenvalue weighted by molar-refractivity contribution is 0.0951. The van der Waals surface area contributed by atoms with E-state index in [9.17, 15) is 4.79 Å². The van der Waals surface area contributed by atoms with Crippen LogP contribution in [0.25, 0.3) is 0 Å². The SMILES string of the molecule is COc1ncccc1CNC(=O)c1csc(I)c1. The first-order valence-corrected chi connectivity index (χ1v) is 7.16. The van der Waals surface area contributed by atoms with E-state index < -0.39 is 0 Å². The molecule has 0 saturated carbocycles. The molecule has 0 spiro atoms. The van der Waals surface area contributed by atoms with Crippen molar-refractivity contribution in [3.63, 3.8) is 0 Å². The van der Waals surface area contributed by atoms with Gasteiger partial charge in [0.25, 0.3) is 5.91 Å². The lowest BCUT2D eigenvalue weighted by Gasteiger charge is -2.07. The van der Waals surface area contributed by atoms with Crippen molar-refractivity contribution in [1.82, 2.24) is 10.3 Å². The zero-order valence-corrected chi connectivity index (χ0v) is 12.6. The summed E-state index contributed by atoms with van der Waals surface area (Å²) in [4.78, 5) is 15.9. The van der Waals surface area contributed by atoms with Crippen molar-refractivity contribution in [2.45, 2.75) is 6.54 Å². The average molecular weight is 374 g/mol. The van der Waals surface area contributed by atoms with Gasteiger partial charge in [0.05, 0.1) is 15.6 Å². The summed E-state index contributed by atoms with van der Waals surface area (Å²) in [5, 5.41) is 4.69. The topological polar surface area (TPSA) is 51.2 Å². The fraction of sp³-hybridized carbons (Fsp3) is 0.167. The van der Waals surface area contributed by atoms with E-state index in [-0.39, 0.29) is 5.91 Å². The molecule has 2 aromatic rings. The van der Waals surface area contributed by atoms with Gasteiger partial charge < -0.3 is 10.1 Å². The maximum atomic E-state index is 11.9. The van der Waals surface area contributed by atoms with Gasteiger partial charge in [-0.25, -0.2) is 4.98 Å². The van der Waals surface area contributed by atoms with Gasteiger partial charge in [-0.2, -0.15) is 0 Å². The molecule has 0 bridgehead atoms. The van der Waals surface area contributed by atoms with Crippen molar-refractivity contribution in [2.24, 2.45) is 0 Å². The van der Waals surface area contributed by atoms with E-state index in [4.69, 9.17) is 4.74 Å². The molecule has 0 fully saturated rings. The van der Waals surface area contributed by atoms with E-state index in [1.807, 2.05) is 23.6 Å². The number of pyridine rings is 1. The number of halogens is 1. The Morgan fingerprint density at radius 3 is 3.11 bits per heavy atom. The van der Waals surface area contributed by atoms with Gasteiger partial charge in [-0.15, -0.1) is 11.3 Å². The van der Waals surface area contributed by atoms with E-state index in [0.717, 1.165) is 8.45 Å². The molecule has 2 aromatic heterocycles. The zero-order chi connectivity index (χ0) is 13.0. The third-order valence-corrected chi connectivity index (χ3v) is 4.10. The molecule has 2 heterocycles. The van der Waals surface area contributed by atoms with E-state index >= 15 is 0 Å². The second kappa shape index (κ2) is 6.14. The van der Waals surface area contributed by atoms with Crippen LogP contribution in [0.2, 0.25) is 0 Å². The first kappa shape index (κ1) is 13.3. The van der Waals surface area contributed by atoms with Crippen LogP contribution in [0.5, 0.6) is 5.88 Å². The summed E-state index contributed by atoms with van der Waals surface area (Å²) >= 11 is 3.74. The van der Waals surface area contributed by atoms with Crippen LogP contribution in [0.4, 0.5) is 0 Å². The van der Waals surface area contributed by atoms with Gasteiger partial charge in [-0.3, -0.25) is 4.79 Å². The molecule has 0 aromatic carbocycles. The van der Waals surface area contributed by atoms with E-state index in [0.29, 0.717) is 18.0 Å². The first-order valence-electron chi connectivity index (χ1n) is 5.21. The van der Waals surface area contributed by atoms with Crippen LogP contribution in [0.1, 0.15) is 15.9 Å². The van der Waals surface area contributed by atoms with Crippen LogP contribution in [-0.2, 0) is 6.54 Å². The summed E-state index contributed by atoms with van der Waals surface area (Å²) in [7, 11) is 1.56. The Balaban J connectivity index is 2.01. The summed E-state index contributed by atoms with van der Waals surface area (Å²) < 4.78 is 6.22. The molecule has 0 aliphatic heterocycles. The molecule has 4 nitrogen and oxygen atoms in total. The van der Waals surface area contributed by atoms with Crippen molar-refractivity contribution in [3.8, 4) is 5.88 Å². The van der Waals surface area contributed by atoms with Crippen molar-refractivity contribution < 1.29 is 9.53 Å². The highest BCUT2D eigenvalue weighted by Gasteiger charge is 2.09. The molecule has 0 aliphatic carbocycles. The van der Waals surface area contributed by atoms with Crippen LogP contribution in [0.15, 0.2) is 29.8 Å². The molecule has 1 N–H and O–H groups in total. The largest absolute Gasteiger partial charge is 0.481 e. The minimum atomic E-state index is -0.0833. The smallest absolute Gasteiger partial charge is 0.252 e. The minimum Gasteiger partial charge on any atom is -0.481 e. The van der Waals surface area contributed by atoms with Crippen molar-refractivity contribution in [3.05, 3.63) is 43.8 Å². The molecule has 0 unspecified atom stereocenters. The zero-order valence-electron chi connectivity index (χ0n) is 9.64. The van der Waals surface area contributed by atoms with Gasteiger partial charge >= 0.3 is 0 Å². The Labute approximate surface area is 123 Å². The van der Waals surface area contributed by atoms with Crippen molar-refractivity contribution >= 4 is 39.8 Å². The molecule has 0 aliphatic rings. The van der Waals surface area contributed by atoms with Gasteiger partial charge in [-0.05, 0) is 34.7 Å². The summed E-state index contributed by atoms with van der Waals surface area (Å²) in [5.74, 6) is 0.456. The van der Waals surface area contributed by atoms with Crippen LogP contribution < -0.4 is 10.1 Å². The van der Waals surface area contributed by atoms with Gasteiger partial charge in [0, 0.05) is 23.7 Å². The Kier molecular flexibility index (Phi) is 4.54. The second-order valence-corrected chi connectivity index (χ2v) is 6.30. The molecule has 1 amide bonds. The van der Waals surface area contributed by atoms with E-state index in [1.54, 1.807) is 24.6 Å². The fourth-order valence-electron chi connectivity index (χ4n) is 1.45. The third kappa shape index (κ3) is 3.20. The third-order valence-electron chi connectivity index (χ3n) is 2.31. The van der Waals surface area contributed by atoms with Gasteiger partial charge in [0.1, 0.15) is 0 Å². The Hall–Kier alpha value is -1.15. The number of thiophene rings is 1. The number of aromatic nitrogens is 1. The van der Waals surface area contributed by atoms with E-state index in [1.165, 1.54) is 0 Å². The minimum absolute atomic E-state index is 0.0833. The highest BCUT2D eigenvalue weighted by Crippen LogP contribution is 2.17. The maximum Gasteiger partial charge on any atom is 0.252 e. The van der Waals surface area contributed by atoms with Crippen molar-refractivity contribution in [2.75, 3.05) is 7.11 Å². The molecular weight excluding hydrogens is 363 g/mol. The molecule has 2 rings (SSSR count). The molecule has 94 valence electrons. The average Bonchev–Trinajstić information content (AvgIpc) is 2.83. The van der Waals surface area contributed by atoms with Crippen LogP contribution in [-0.4, -0.2) is 18.0 Å². The Morgan fingerprint density at radius 1 is 1.61 bits per heavy atom. The molecule has 18 heavy (non-hydrogen) atoms. The molecular formula is C12H11IN2O2S. The molecule has 0 saturated heterocycles. The lowest BCUT2D eigenvalue weighted by atomic mass is 10.2. The number of carbonyl (C=O) groups excluding carboxylic acids is 1. The number of carbonyl (C=O) groups is 1. The number of amides is 1. The first-order chi connectivity index (χ1) is 8.70. The van der Waals surface area contributed by atoms with Crippen LogP contribution >= 0.6 is 33.9 Å². The maximum absolute atomic E-state index is 11.9. The fourth-order valence-corrected chi connectivity index (χ4v) is 2.78. The monoisotopic (exact) mass is 374 g/mol. The Morgan fingerprint density at radius 2 is 2.44 bits per heavy atom.